The summed E-state index contributed by atoms with van der Waals surface area (Å²) in [4.78, 5) is 9.29. The van der Waals surface area contributed by atoms with E-state index in [0.717, 1.165) is 43.3 Å². The summed E-state index contributed by atoms with van der Waals surface area (Å²) in [5, 5.41) is 11.5. The molecule has 1 aliphatic heterocycles. The van der Waals surface area contributed by atoms with E-state index < -0.39 is 0 Å². The van der Waals surface area contributed by atoms with Gasteiger partial charge in [0.15, 0.2) is 5.82 Å². The number of hydrogen-bond acceptors (Lipinski definition) is 7. The van der Waals surface area contributed by atoms with Crippen molar-refractivity contribution in [3.63, 3.8) is 0 Å². The molecule has 1 aliphatic rings. The van der Waals surface area contributed by atoms with Gasteiger partial charge in [0.25, 0.3) is 0 Å². The number of nitrogens with one attached hydrogen (secondary N) is 1. The molecule has 7 nitrogen and oxygen atoms in total. The molecule has 144 valence electrons. The molecule has 3 aromatic rings. The largest absolute Gasteiger partial charge is 0.497 e. The number of hydrogen-bond donors (Lipinski definition) is 1. The van der Waals surface area contributed by atoms with E-state index in [2.05, 4.69) is 54.6 Å². The number of piperazine rings is 1. The number of anilines is 3. The Hall–Kier alpha value is -3.35. The van der Waals surface area contributed by atoms with Crippen LogP contribution in [0, 0.1) is 0 Å². The van der Waals surface area contributed by atoms with Crippen LogP contribution < -0.4 is 19.9 Å². The topological polar surface area (TPSA) is 66.4 Å². The Balaban J connectivity index is 1.34. The third-order valence-electron chi connectivity index (χ3n) is 4.88. The van der Waals surface area contributed by atoms with Crippen LogP contribution in [0.1, 0.15) is 5.56 Å². The molecular weight excluding hydrogens is 352 g/mol. The van der Waals surface area contributed by atoms with Crippen LogP contribution in [0.5, 0.6) is 5.75 Å². The van der Waals surface area contributed by atoms with Crippen LogP contribution in [-0.4, -0.2) is 48.5 Å². The second-order valence-corrected chi connectivity index (χ2v) is 6.65. The molecule has 2 heterocycles. The van der Waals surface area contributed by atoms with Gasteiger partial charge in [0, 0.05) is 38.4 Å². The second-order valence-electron chi connectivity index (χ2n) is 6.65. The Kier molecular flexibility index (Phi) is 5.51. The van der Waals surface area contributed by atoms with Crippen molar-refractivity contribution in [2.75, 3.05) is 48.4 Å². The van der Waals surface area contributed by atoms with Gasteiger partial charge in [0.1, 0.15) is 5.75 Å². The molecule has 0 atom stereocenters. The van der Waals surface area contributed by atoms with Crippen molar-refractivity contribution in [2.45, 2.75) is 6.54 Å². The van der Waals surface area contributed by atoms with Gasteiger partial charge in [0.2, 0.25) is 5.95 Å². The van der Waals surface area contributed by atoms with E-state index in [9.17, 15) is 0 Å². The quantitative estimate of drug-likeness (QED) is 0.709. The van der Waals surface area contributed by atoms with E-state index in [1.807, 2.05) is 30.3 Å². The van der Waals surface area contributed by atoms with Crippen LogP contribution >= 0.6 is 0 Å². The molecular formula is C21H24N6O. The van der Waals surface area contributed by atoms with Crippen molar-refractivity contribution in [2.24, 2.45) is 0 Å². The summed E-state index contributed by atoms with van der Waals surface area (Å²) in [5.41, 5.74) is 2.40. The first-order valence-corrected chi connectivity index (χ1v) is 9.43. The molecule has 28 heavy (non-hydrogen) atoms. The molecule has 0 amide bonds. The van der Waals surface area contributed by atoms with Crippen LogP contribution in [-0.2, 0) is 6.54 Å². The van der Waals surface area contributed by atoms with E-state index in [0.29, 0.717) is 12.5 Å². The summed E-state index contributed by atoms with van der Waals surface area (Å²) in [6.45, 7) is 4.37. The zero-order valence-corrected chi connectivity index (χ0v) is 16.0. The van der Waals surface area contributed by atoms with Crippen LogP contribution in [0.25, 0.3) is 0 Å². The fraction of sp³-hybridized carbons (Fsp3) is 0.286. The SMILES string of the molecule is COc1ccc(CNc2nncc(N3CCN(c4ccccc4)CC3)n2)cc1. The first-order chi connectivity index (χ1) is 13.8. The number of nitrogens with zero attached hydrogens (tertiary/aromatic N) is 5. The fourth-order valence-corrected chi connectivity index (χ4v) is 3.28. The normalized spacial score (nSPS) is 14.0. The molecule has 0 aliphatic carbocycles. The molecule has 1 N–H and O–H groups in total. The van der Waals surface area contributed by atoms with Gasteiger partial charge in [-0.25, -0.2) is 0 Å². The Morgan fingerprint density at radius 2 is 1.64 bits per heavy atom. The minimum absolute atomic E-state index is 0.541. The van der Waals surface area contributed by atoms with Crippen molar-refractivity contribution in [1.29, 1.82) is 0 Å². The van der Waals surface area contributed by atoms with E-state index in [1.54, 1.807) is 13.3 Å². The van der Waals surface area contributed by atoms with Gasteiger partial charge in [-0.2, -0.15) is 10.1 Å². The Morgan fingerprint density at radius 1 is 0.929 bits per heavy atom. The highest BCUT2D eigenvalue weighted by molar-refractivity contribution is 5.49. The van der Waals surface area contributed by atoms with Crippen molar-refractivity contribution < 1.29 is 4.74 Å². The fourth-order valence-electron chi connectivity index (χ4n) is 3.28. The standard InChI is InChI=1S/C21H24N6O/c1-28-19-9-7-17(8-10-19)15-22-21-24-20(16-23-25-21)27-13-11-26(12-14-27)18-5-3-2-4-6-18/h2-10,16H,11-15H2,1H3,(H,22,24,25). The van der Waals surface area contributed by atoms with Crippen molar-refractivity contribution in [3.05, 3.63) is 66.4 Å². The monoisotopic (exact) mass is 376 g/mol. The Bertz CT molecular complexity index is 879. The summed E-state index contributed by atoms with van der Waals surface area (Å²) >= 11 is 0. The Labute approximate surface area is 165 Å². The first-order valence-electron chi connectivity index (χ1n) is 9.43. The predicted molar refractivity (Wildman–Crippen MR) is 111 cm³/mol. The van der Waals surface area contributed by atoms with Gasteiger partial charge in [-0.15, -0.1) is 5.10 Å². The molecule has 1 saturated heterocycles. The molecule has 0 spiro atoms. The number of benzene rings is 2. The minimum Gasteiger partial charge on any atom is -0.497 e. The maximum atomic E-state index is 5.19. The summed E-state index contributed by atoms with van der Waals surface area (Å²) in [5.74, 6) is 2.25. The second kappa shape index (κ2) is 8.56. The van der Waals surface area contributed by atoms with Gasteiger partial charge in [-0.05, 0) is 29.8 Å². The third-order valence-corrected chi connectivity index (χ3v) is 4.88. The van der Waals surface area contributed by atoms with Crippen molar-refractivity contribution >= 4 is 17.5 Å². The first kappa shape index (κ1) is 18.0. The van der Waals surface area contributed by atoms with E-state index in [4.69, 9.17) is 4.74 Å². The highest BCUT2D eigenvalue weighted by Gasteiger charge is 2.19. The zero-order chi connectivity index (χ0) is 19.2. The third kappa shape index (κ3) is 4.31. The molecule has 0 bridgehead atoms. The van der Waals surface area contributed by atoms with Crippen LogP contribution in [0.3, 0.4) is 0 Å². The lowest BCUT2D eigenvalue weighted by atomic mass is 10.2. The van der Waals surface area contributed by atoms with E-state index in [-0.39, 0.29) is 0 Å². The summed E-state index contributed by atoms with van der Waals surface area (Å²) in [7, 11) is 1.66. The molecule has 0 radical (unpaired) electrons. The molecule has 7 heteroatoms. The Morgan fingerprint density at radius 3 is 2.36 bits per heavy atom. The van der Waals surface area contributed by atoms with Crippen LogP contribution in [0.15, 0.2) is 60.8 Å². The van der Waals surface area contributed by atoms with Crippen molar-refractivity contribution in [1.82, 2.24) is 15.2 Å². The van der Waals surface area contributed by atoms with Gasteiger partial charge >= 0.3 is 0 Å². The highest BCUT2D eigenvalue weighted by atomic mass is 16.5. The predicted octanol–water partition coefficient (Wildman–Crippen LogP) is 2.82. The van der Waals surface area contributed by atoms with Gasteiger partial charge in [-0.3, -0.25) is 0 Å². The average molecular weight is 376 g/mol. The molecule has 0 unspecified atom stereocenters. The van der Waals surface area contributed by atoms with E-state index in [1.165, 1.54) is 5.69 Å². The molecule has 2 aromatic carbocycles. The zero-order valence-electron chi connectivity index (χ0n) is 16.0. The number of rotatable bonds is 6. The number of ether oxygens (including phenoxy) is 1. The number of methoxy groups -OCH3 is 1. The van der Waals surface area contributed by atoms with Gasteiger partial charge in [-0.1, -0.05) is 30.3 Å². The smallest absolute Gasteiger partial charge is 0.244 e. The summed E-state index contributed by atoms with van der Waals surface area (Å²) in [6.07, 6.45) is 1.73. The molecule has 1 fully saturated rings. The van der Waals surface area contributed by atoms with Crippen molar-refractivity contribution in [3.8, 4) is 5.75 Å². The molecule has 0 saturated carbocycles. The average Bonchev–Trinajstić information content (AvgIpc) is 2.79. The van der Waals surface area contributed by atoms with Crippen LogP contribution in [0.2, 0.25) is 0 Å². The molecule has 4 rings (SSSR count). The van der Waals surface area contributed by atoms with Gasteiger partial charge < -0.3 is 19.9 Å². The number of aromatic nitrogens is 3. The van der Waals surface area contributed by atoms with E-state index >= 15 is 0 Å². The lowest BCUT2D eigenvalue weighted by Crippen LogP contribution is -2.46. The van der Waals surface area contributed by atoms with Gasteiger partial charge in [0.05, 0.1) is 13.3 Å². The maximum absolute atomic E-state index is 5.19. The maximum Gasteiger partial charge on any atom is 0.244 e. The highest BCUT2D eigenvalue weighted by Crippen LogP contribution is 2.19. The summed E-state index contributed by atoms with van der Waals surface area (Å²) < 4.78 is 5.19. The lowest BCUT2D eigenvalue weighted by Gasteiger charge is -2.36. The lowest BCUT2D eigenvalue weighted by molar-refractivity contribution is 0.414. The number of para-hydroxylation sites is 1. The molecule has 1 aromatic heterocycles. The summed E-state index contributed by atoms with van der Waals surface area (Å²) in [6, 6.07) is 18.4. The van der Waals surface area contributed by atoms with Crippen LogP contribution in [0.4, 0.5) is 17.5 Å². The minimum atomic E-state index is 0.541.